The molecule has 2 amide bonds. The molecule has 2 aromatic heterocycles. The minimum Gasteiger partial charge on any atom is -0.481 e. The standard InChI is InChI=1S/C22H28N6O3S2/c1-5-16-7-9-17(10-8-16)31-15(4)20(30)23-12-18-26-27-22(28(18)6-2)32-13-19(29)25-21-24-11-14(3)33-21/h7-11,15H,5-6,12-13H2,1-4H3,(H,23,30)(H,24,25,29)/t15-/m1/s1. The van der Waals surface area contributed by atoms with Gasteiger partial charge in [-0.25, -0.2) is 4.98 Å². The fourth-order valence-corrected chi connectivity index (χ4v) is 4.45. The van der Waals surface area contributed by atoms with Crippen molar-refractivity contribution in [3.8, 4) is 5.75 Å². The number of thiazole rings is 1. The number of rotatable bonds is 11. The van der Waals surface area contributed by atoms with E-state index in [2.05, 4.69) is 32.7 Å². The molecule has 3 rings (SSSR count). The molecule has 0 aliphatic heterocycles. The van der Waals surface area contributed by atoms with Crippen molar-refractivity contribution < 1.29 is 14.3 Å². The van der Waals surface area contributed by atoms with Gasteiger partial charge in [-0.05, 0) is 44.9 Å². The molecule has 176 valence electrons. The van der Waals surface area contributed by atoms with Gasteiger partial charge >= 0.3 is 0 Å². The highest BCUT2D eigenvalue weighted by atomic mass is 32.2. The maximum absolute atomic E-state index is 12.5. The number of aromatic nitrogens is 4. The van der Waals surface area contributed by atoms with E-state index in [0.29, 0.717) is 28.4 Å². The van der Waals surface area contributed by atoms with Gasteiger partial charge in [0.15, 0.2) is 22.2 Å². The van der Waals surface area contributed by atoms with Gasteiger partial charge in [-0.2, -0.15) is 0 Å². The number of aryl methyl sites for hydroxylation is 2. The Labute approximate surface area is 201 Å². The number of thioether (sulfide) groups is 1. The minimum atomic E-state index is -0.650. The molecular weight excluding hydrogens is 460 g/mol. The Morgan fingerprint density at radius 2 is 1.97 bits per heavy atom. The summed E-state index contributed by atoms with van der Waals surface area (Å²) in [5.74, 6) is 1.05. The number of ether oxygens (including phenoxy) is 1. The molecule has 33 heavy (non-hydrogen) atoms. The van der Waals surface area contributed by atoms with Crippen LogP contribution in [0.2, 0.25) is 0 Å². The fourth-order valence-electron chi connectivity index (χ4n) is 2.94. The van der Waals surface area contributed by atoms with E-state index in [9.17, 15) is 9.59 Å². The third kappa shape index (κ3) is 7.03. The molecule has 2 N–H and O–H groups in total. The summed E-state index contributed by atoms with van der Waals surface area (Å²) in [7, 11) is 0. The average Bonchev–Trinajstić information content (AvgIpc) is 3.41. The van der Waals surface area contributed by atoms with E-state index in [-0.39, 0.29) is 24.1 Å². The van der Waals surface area contributed by atoms with Crippen LogP contribution < -0.4 is 15.4 Å². The highest BCUT2D eigenvalue weighted by Gasteiger charge is 2.18. The number of hydrogen-bond donors (Lipinski definition) is 2. The quantitative estimate of drug-likeness (QED) is 0.398. The Morgan fingerprint density at radius 3 is 2.61 bits per heavy atom. The third-order valence-electron chi connectivity index (χ3n) is 4.74. The topological polar surface area (TPSA) is 111 Å². The second-order valence-corrected chi connectivity index (χ2v) is 9.41. The minimum absolute atomic E-state index is 0.159. The highest BCUT2D eigenvalue weighted by molar-refractivity contribution is 7.99. The largest absolute Gasteiger partial charge is 0.481 e. The number of carbonyl (C=O) groups is 2. The van der Waals surface area contributed by atoms with Crippen LogP contribution in [0, 0.1) is 6.92 Å². The first-order chi connectivity index (χ1) is 15.9. The lowest BCUT2D eigenvalue weighted by Crippen LogP contribution is -2.36. The van der Waals surface area contributed by atoms with Crippen molar-refractivity contribution >= 4 is 40.0 Å². The predicted molar refractivity (Wildman–Crippen MR) is 130 cm³/mol. The number of anilines is 1. The summed E-state index contributed by atoms with van der Waals surface area (Å²) < 4.78 is 7.61. The van der Waals surface area contributed by atoms with Gasteiger partial charge in [-0.1, -0.05) is 30.8 Å². The van der Waals surface area contributed by atoms with E-state index in [1.54, 1.807) is 13.1 Å². The molecule has 0 aliphatic rings. The van der Waals surface area contributed by atoms with E-state index in [1.165, 1.54) is 28.7 Å². The van der Waals surface area contributed by atoms with E-state index in [1.807, 2.05) is 42.7 Å². The first-order valence-electron chi connectivity index (χ1n) is 10.7. The lowest BCUT2D eigenvalue weighted by molar-refractivity contribution is -0.127. The van der Waals surface area contributed by atoms with E-state index in [0.717, 1.165) is 11.3 Å². The van der Waals surface area contributed by atoms with Gasteiger partial charge in [0, 0.05) is 17.6 Å². The summed E-state index contributed by atoms with van der Waals surface area (Å²) in [4.78, 5) is 29.8. The van der Waals surface area contributed by atoms with Crippen LogP contribution in [0.15, 0.2) is 35.6 Å². The molecule has 1 atom stereocenters. The predicted octanol–water partition coefficient (Wildman–Crippen LogP) is 3.44. The van der Waals surface area contributed by atoms with Crippen molar-refractivity contribution in [3.05, 3.63) is 46.7 Å². The summed E-state index contributed by atoms with van der Waals surface area (Å²) >= 11 is 2.72. The van der Waals surface area contributed by atoms with Crippen LogP contribution in [-0.2, 0) is 29.1 Å². The Balaban J connectivity index is 1.50. The van der Waals surface area contributed by atoms with Crippen LogP contribution >= 0.6 is 23.1 Å². The van der Waals surface area contributed by atoms with Gasteiger partial charge < -0.3 is 19.9 Å². The molecule has 0 radical (unpaired) electrons. The zero-order valence-electron chi connectivity index (χ0n) is 19.1. The maximum atomic E-state index is 12.5. The van der Waals surface area contributed by atoms with Crippen molar-refractivity contribution in [1.82, 2.24) is 25.1 Å². The van der Waals surface area contributed by atoms with Crippen LogP contribution in [0.5, 0.6) is 5.75 Å². The molecule has 2 heterocycles. The van der Waals surface area contributed by atoms with Crippen LogP contribution in [0.1, 0.15) is 37.0 Å². The summed E-state index contributed by atoms with van der Waals surface area (Å²) in [5, 5.41) is 15.2. The second kappa shape index (κ2) is 11.8. The zero-order valence-corrected chi connectivity index (χ0v) is 20.8. The molecule has 0 aliphatic carbocycles. The molecule has 0 bridgehead atoms. The second-order valence-electron chi connectivity index (χ2n) is 7.23. The third-order valence-corrected chi connectivity index (χ3v) is 6.54. The first-order valence-corrected chi connectivity index (χ1v) is 12.5. The van der Waals surface area contributed by atoms with Crippen molar-refractivity contribution in [2.24, 2.45) is 0 Å². The lowest BCUT2D eigenvalue weighted by Gasteiger charge is -2.15. The Morgan fingerprint density at radius 1 is 1.21 bits per heavy atom. The van der Waals surface area contributed by atoms with Gasteiger partial charge in [-0.15, -0.1) is 21.5 Å². The van der Waals surface area contributed by atoms with Crippen molar-refractivity contribution in [1.29, 1.82) is 0 Å². The monoisotopic (exact) mass is 488 g/mol. The Bertz CT molecular complexity index is 1080. The number of carbonyl (C=O) groups excluding carboxylic acids is 2. The van der Waals surface area contributed by atoms with Gasteiger partial charge in [-0.3, -0.25) is 9.59 Å². The fraction of sp³-hybridized carbons (Fsp3) is 0.409. The number of benzene rings is 1. The summed E-state index contributed by atoms with van der Waals surface area (Å²) in [6, 6.07) is 7.71. The SMILES string of the molecule is CCc1ccc(O[C@H](C)C(=O)NCc2nnc(SCC(=O)Nc3ncc(C)s3)n2CC)cc1. The number of nitrogens with zero attached hydrogens (tertiary/aromatic N) is 4. The molecule has 0 saturated heterocycles. The van der Waals surface area contributed by atoms with Crippen LogP contribution in [0.4, 0.5) is 5.13 Å². The number of amides is 2. The highest BCUT2D eigenvalue weighted by Crippen LogP contribution is 2.20. The maximum Gasteiger partial charge on any atom is 0.261 e. The van der Waals surface area contributed by atoms with Gasteiger partial charge in [0.2, 0.25) is 5.91 Å². The van der Waals surface area contributed by atoms with Gasteiger partial charge in [0.1, 0.15) is 5.75 Å². The average molecular weight is 489 g/mol. The molecule has 11 heteroatoms. The van der Waals surface area contributed by atoms with Crippen molar-refractivity contribution in [2.45, 2.75) is 58.5 Å². The van der Waals surface area contributed by atoms with Crippen LogP contribution in [0.3, 0.4) is 0 Å². The molecule has 9 nitrogen and oxygen atoms in total. The van der Waals surface area contributed by atoms with E-state index >= 15 is 0 Å². The first kappa shape index (κ1) is 24.7. The summed E-state index contributed by atoms with van der Waals surface area (Å²) in [6.07, 6.45) is 2.02. The molecule has 0 unspecified atom stereocenters. The van der Waals surface area contributed by atoms with Crippen LogP contribution in [0.25, 0.3) is 0 Å². The van der Waals surface area contributed by atoms with E-state index < -0.39 is 6.10 Å². The lowest BCUT2D eigenvalue weighted by atomic mass is 10.2. The molecule has 0 fully saturated rings. The Hall–Kier alpha value is -2.92. The van der Waals surface area contributed by atoms with Crippen molar-refractivity contribution in [2.75, 3.05) is 11.1 Å². The van der Waals surface area contributed by atoms with Gasteiger partial charge in [0.05, 0.1) is 12.3 Å². The zero-order chi connectivity index (χ0) is 23.8. The number of nitrogens with one attached hydrogen (secondary N) is 2. The van der Waals surface area contributed by atoms with Crippen molar-refractivity contribution in [3.63, 3.8) is 0 Å². The molecule has 1 aromatic carbocycles. The molecule has 0 spiro atoms. The normalized spacial score (nSPS) is 11.8. The summed E-state index contributed by atoms with van der Waals surface area (Å²) in [5.41, 5.74) is 1.21. The smallest absolute Gasteiger partial charge is 0.261 e. The van der Waals surface area contributed by atoms with Crippen LogP contribution in [-0.4, -0.2) is 43.4 Å². The van der Waals surface area contributed by atoms with Gasteiger partial charge in [0.25, 0.3) is 5.91 Å². The summed E-state index contributed by atoms with van der Waals surface area (Å²) in [6.45, 7) is 8.52. The molecule has 0 saturated carbocycles. The Kier molecular flexibility index (Phi) is 8.84. The number of hydrogen-bond acceptors (Lipinski definition) is 8. The molecule has 3 aromatic rings. The van der Waals surface area contributed by atoms with E-state index in [4.69, 9.17) is 4.74 Å². The molecular formula is C22H28N6O3S2.